The standard InChI is InChI=1S/C10H13N3O2S/c1-10(2,3)8-12-9(15-13-8)14-6-7-11-4-5-16-7/h4-5H,6H2,1-3H3. The summed E-state index contributed by atoms with van der Waals surface area (Å²) in [5, 5.41) is 6.64. The van der Waals surface area contributed by atoms with E-state index in [4.69, 9.17) is 9.26 Å². The van der Waals surface area contributed by atoms with E-state index in [9.17, 15) is 0 Å². The van der Waals surface area contributed by atoms with Crippen LogP contribution in [0.4, 0.5) is 0 Å². The molecule has 0 bridgehead atoms. The van der Waals surface area contributed by atoms with Gasteiger partial charge in [0.15, 0.2) is 5.82 Å². The molecule has 0 aliphatic heterocycles. The van der Waals surface area contributed by atoms with Crippen LogP contribution in [0.25, 0.3) is 0 Å². The fourth-order valence-corrected chi connectivity index (χ4v) is 1.55. The van der Waals surface area contributed by atoms with E-state index in [-0.39, 0.29) is 11.5 Å². The van der Waals surface area contributed by atoms with E-state index < -0.39 is 0 Å². The molecule has 86 valence electrons. The van der Waals surface area contributed by atoms with Crippen LogP contribution < -0.4 is 4.74 Å². The Morgan fingerprint density at radius 1 is 1.44 bits per heavy atom. The van der Waals surface area contributed by atoms with Crippen molar-refractivity contribution >= 4 is 11.3 Å². The molecule has 2 heterocycles. The van der Waals surface area contributed by atoms with Crippen molar-refractivity contribution in [2.45, 2.75) is 32.8 Å². The molecule has 0 saturated carbocycles. The summed E-state index contributed by atoms with van der Waals surface area (Å²) >= 11 is 1.53. The number of rotatable bonds is 3. The van der Waals surface area contributed by atoms with Crippen LogP contribution in [-0.4, -0.2) is 15.1 Å². The molecule has 0 atom stereocenters. The van der Waals surface area contributed by atoms with Crippen molar-refractivity contribution in [3.8, 4) is 6.08 Å². The molecule has 0 fully saturated rings. The van der Waals surface area contributed by atoms with Crippen molar-refractivity contribution in [2.24, 2.45) is 0 Å². The van der Waals surface area contributed by atoms with Gasteiger partial charge in [-0.25, -0.2) is 4.98 Å². The van der Waals surface area contributed by atoms with Gasteiger partial charge in [-0.1, -0.05) is 25.9 Å². The van der Waals surface area contributed by atoms with Gasteiger partial charge >= 0.3 is 6.08 Å². The monoisotopic (exact) mass is 239 g/mol. The summed E-state index contributed by atoms with van der Waals surface area (Å²) < 4.78 is 10.3. The molecule has 16 heavy (non-hydrogen) atoms. The molecule has 5 nitrogen and oxygen atoms in total. The average Bonchev–Trinajstić information content (AvgIpc) is 2.85. The maximum atomic E-state index is 5.33. The maximum absolute atomic E-state index is 5.33. The lowest BCUT2D eigenvalue weighted by molar-refractivity contribution is 0.194. The smallest absolute Gasteiger partial charge is 0.417 e. The summed E-state index contributed by atoms with van der Waals surface area (Å²) in [6.45, 7) is 6.41. The first-order chi connectivity index (χ1) is 7.55. The zero-order valence-electron chi connectivity index (χ0n) is 9.43. The van der Waals surface area contributed by atoms with Crippen LogP contribution >= 0.6 is 11.3 Å². The largest absolute Gasteiger partial charge is 0.441 e. The molecule has 2 aromatic rings. The van der Waals surface area contributed by atoms with Gasteiger partial charge in [-0.2, -0.15) is 4.98 Å². The molecule has 2 aromatic heterocycles. The minimum Gasteiger partial charge on any atom is -0.441 e. The van der Waals surface area contributed by atoms with E-state index in [1.807, 2.05) is 26.2 Å². The highest BCUT2D eigenvalue weighted by molar-refractivity contribution is 7.09. The number of nitrogens with zero attached hydrogens (tertiary/aromatic N) is 3. The molecule has 0 N–H and O–H groups in total. The molecular weight excluding hydrogens is 226 g/mol. The van der Waals surface area contributed by atoms with E-state index in [0.29, 0.717) is 12.4 Å². The van der Waals surface area contributed by atoms with Crippen molar-refractivity contribution < 1.29 is 9.26 Å². The molecule has 0 saturated heterocycles. The Morgan fingerprint density at radius 3 is 2.81 bits per heavy atom. The molecular formula is C10H13N3O2S. The van der Waals surface area contributed by atoms with E-state index in [0.717, 1.165) is 5.01 Å². The van der Waals surface area contributed by atoms with Gasteiger partial charge in [0.2, 0.25) is 0 Å². The van der Waals surface area contributed by atoms with Gasteiger partial charge in [0, 0.05) is 17.0 Å². The molecule has 0 amide bonds. The van der Waals surface area contributed by atoms with Gasteiger partial charge in [0.05, 0.1) is 0 Å². The highest BCUT2D eigenvalue weighted by atomic mass is 32.1. The van der Waals surface area contributed by atoms with Gasteiger partial charge in [-0.15, -0.1) is 11.3 Å². The van der Waals surface area contributed by atoms with E-state index in [1.165, 1.54) is 11.3 Å². The minimum absolute atomic E-state index is 0.133. The lowest BCUT2D eigenvalue weighted by Crippen LogP contribution is -2.13. The third-order valence-electron chi connectivity index (χ3n) is 1.88. The molecule has 0 aliphatic rings. The Hall–Kier alpha value is -1.43. The fourth-order valence-electron chi connectivity index (χ4n) is 1.02. The zero-order chi connectivity index (χ0) is 11.6. The van der Waals surface area contributed by atoms with Gasteiger partial charge in [-0.3, -0.25) is 4.52 Å². The topological polar surface area (TPSA) is 61.0 Å². The highest BCUT2D eigenvalue weighted by Gasteiger charge is 2.21. The molecule has 0 unspecified atom stereocenters. The van der Waals surface area contributed by atoms with E-state index in [1.54, 1.807) is 6.20 Å². The van der Waals surface area contributed by atoms with E-state index >= 15 is 0 Å². The lowest BCUT2D eigenvalue weighted by atomic mass is 9.96. The van der Waals surface area contributed by atoms with E-state index in [2.05, 4.69) is 15.1 Å². The number of hydrogen-bond donors (Lipinski definition) is 0. The Morgan fingerprint density at radius 2 is 2.25 bits per heavy atom. The zero-order valence-corrected chi connectivity index (χ0v) is 10.2. The summed E-state index contributed by atoms with van der Waals surface area (Å²) in [7, 11) is 0. The molecule has 0 aromatic carbocycles. The van der Waals surface area contributed by atoms with Crippen LogP contribution in [-0.2, 0) is 12.0 Å². The SMILES string of the molecule is CC(C)(C)c1noc(OCc2nccs2)n1. The molecule has 2 rings (SSSR count). The Bertz CT molecular complexity index is 445. The second kappa shape index (κ2) is 4.21. The molecule has 6 heteroatoms. The third kappa shape index (κ3) is 2.57. The predicted molar refractivity (Wildman–Crippen MR) is 59.4 cm³/mol. The predicted octanol–water partition coefficient (Wildman–Crippen LogP) is 2.40. The summed E-state index contributed by atoms with van der Waals surface area (Å²) in [6, 6.07) is 0. The fraction of sp³-hybridized carbons (Fsp3) is 0.500. The Kier molecular flexibility index (Phi) is 2.91. The summed E-state index contributed by atoms with van der Waals surface area (Å²) in [6.07, 6.45) is 1.93. The first-order valence-corrected chi connectivity index (χ1v) is 5.79. The van der Waals surface area contributed by atoms with Crippen molar-refractivity contribution in [3.63, 3.8) is 0 Å². The number of hydrogen-bond acceptors (Lipinski definition) is 6. The van der Waals surface area contributed by atoms with Crippen molar-refractivity contribution in [1.82, 2.24) is 15.1 Å². The number of aromatic nitrogens is 3. The van der Waals surface area contributed by atoms with Gasteiger partial charge in [0.25, 0.3) is 0 Å². The van der Waals surface area contributed by atoms with Crippen molar-refractivity contribution in [2.75, 3.05) is 0 Å². The summed E-state index contributed by atoms with van der Waals surface area (Å²) in [5.41, 5.74) is -0.133. The number of thiazole rings is 1. The Balaban J connectivity index is 1.98. The van der Waals surface area contributed by atoms with Crippen LogP contribution in [0.5, 0.6) is 6.08 Å². The quantitative estimate of drug-likeness (QED) is 0.823. The normalized spacial score (nSPS) is 11.7. The van der Waals surface area contributed by atoms with Crippen molar-refractivity contribution in [3.05, 3.63) is 22.4 Å². The summed E-state index contributed by atoms with van der Waals surface area (Å²) in [4.78, 5) is 8.25. The minimum atomic E-state index is -0.133. The van der Waals surface area contributed by atoms with Gasteiger partial charge < -0.3 is 4.74 Å². The Labute approximate surface area is 97.5 Å². The average molecular weight is 239 g/mol. The van der Waals surface area contributed by atoms with Crippen LogP contribution in [0.15, 0.2) is 16.1 Å². The van der Waals surface area contributed by atoms with Crippen LogP contribution in [0.2, 0.25) is 0 Å². The maximum Gasteiger partial charge on any atom is 0.417 e. The number of ether oxygens (including phenoxy) is 1. The highest BCUT2D eigenvalue weighted by Crippen LogP contribution is 2.21. The first kappa shape index (κ1) is 11.1. The van der Waals surface area contributed by atoms with Crippen LogP contribution in [0.3, 0.4) is 0 Å². The third-order valence-corrected chi connectivity index (χ3v) is 2.63. The van der Waals surface area contributed by atoms with Gasteiger partial charge in [0.1, 0.15) is 11.6 Å². The first-order valence-electron chi connectivity index (χ1n) is 4.91. The molecule has 0 spiro atoms. The second-order valence-corrected chi connectivity index (χ2v) is 5.33. The second-order valence-electron chi connectivity index (χ2n) is 4.35. The lowest BCUT2D eigenvalue weighted by Gasteiger charge is -2.10. The molecule has 0 aliphatic carbocycles. The van der Waals surface area contributed by atoms with Crippen LogP contribution in [0, 0.1) is 0 Å². The van der Waals surface area contributed by atoms with Crippen molar-refractivity contribution in [1.29, 1.82) is 0 Å². The molecule has 0 radical (unpaired) electrons. The van der Waals surface area contributed by atoms with Crippen LogP contribution in [0.1, 0.15) is 31.6 Å². The summed E-state index contributed by atoms with van der Waals surface area (Å²) in [5.74, 6) is 0.640. The van der Waals surface area contributed by atoms with Gasteiger partial charge in [-0.05, 0) is 0 Å².